The van der Waals surface area contributed by atoms with E-state index in [-0.39, 0.29) is 11.7 Å². The second-order valence-corrected chi connectivity index (χ2v) is 7.51. The van der Waals surface area contributed by atoms with Crippen LogP contribution in [0.2, 0.25) is 0 Å². The first-order valence-corrected chi connectivity index (χ1v) is 10.1. The van der Waals surface area contributed by atoms with Gasteiger partial charge in [0.1, 0.15) is 5.69 Å². The van der Waals surface area contributed by atoms with Gasteiger partial charge >= 0.3 is 0 Å². The number of hydrogen-bond acceptors (Lipinski definition) is 4. The molecule has 0 aliphatic heterocycles. The molecule has 0 saturated carbocycles. The van der Waals surface area contributed by atoms with Crippen LogP contribution in [0.25, 0.3) is 5.65 Å². The van der Waals surface area contributed by atoms with Crippen molar-refractivity contribution in [1.82, 2.24) is 14.6 Å². The summed E-state index contributed by atoms with van der Waals surface area (Å²) < 4.78 is 1.68. The van der Waals surface area contributed by atoms with Gasteiger partial charge in [-0.2, -0.15) is 5.10 Å². The average Bonchev–Trinajstić information content (AvgIpc) is 3.18. The molecule has 158 valence electrons. The summed E-state index contributed by atoms with van der Waals surface area (Å²) in [5, 5.41) is 14.6. The maximum absolute atomic E-state index is 12.8. The third-order valence-electron chi connectivity index (χ3n) is 5.08. The van der Waals surface area contributed by atoms with Crippen LogP contribution in [-0.2, 0) is 6.42 Å². The normalized spacial score (nSPS) is 10.4. The van der Waals surface area contributed by atoms with E-state index in [1.807, 2.05) is 50.2 Å². The lowest BCUT2D eigenvalue weighted by Crippen LogP contribution is -2.15. The van der Waals surface area contributed by atoms with Gasteiger partial charge in [0, 0.05) is 29.4 Å². The van der Waals surface area contributed by atoms with Crippen molar-refractivity contribution >= 4 is 23.1 Å². The Bertz CT molecular complexity index is 1410. The third-order valence-corrected chi connectivity index (χ3v) is 5.08. The molecule has 7 heteroatoms. The van der Waals surface area contributed by atoms with Gasteiger partial charge in [-0.1, -0.05) is 18.1 Å². The number of imidazole rings is 1. The number of carbonyl (C=O) groups is 1. The molecule has 7 nitrogen and oxygen atoms in total. The number of fused-ring (bicyclic) bond motifs is 1. The predicted octanol–water partition coefficient (Wildman–Crippen LogP) is 3.48. The highest BCUT2D eigenvalue weighted by Gasteiger charge is 2.10. The van der Waals surface area contributed by atoms with Crippen LogP contribution in [0, 0.1) is 31.1 Å². The summed E-state index contributed by atoms with van der Waals surface area (Å²) >= 11 is 0. The van der Waals surface area contributed by atoms with Gasteiger partial charge in [0.05, 0.1) is 12.0 Å². The van der Waals surface area contributed by atoms with E-state index in [1.165, 1.54) is 0 Å². The number of nitrogens with two attached hydrogens (primary N) is 1. The van der Waals surface area contributed by atoms with Gasteiger partial charge in [0.15, 0.2) is 5.65 Å². The van der Waals surface area contributed by atoms with Crippen molar-refractivity contribution in [1.29, 1.82) is 5.41 Å². The van der Waals surface area contributed by atoms with Crippen LogP contribution in [0.1, 0.15) is 38.3 Å². The second kappa shape index (κ2) is 8.74. The van der Waals surface area contributed by atoms with Gasteiger partial charge in [0.25, 0.3) is 5.91 Å². The number of hydrogen-bond donors (Lipinski definition) is 3. The van der Waals surface area contributed by atoms with Crippen LogP contribution in [0.5, 0.6) is 0 Å². The molecule has 2 aromatic carbocycles. The molecule has 0 aliphatic carbocycles. The van der Waals surface area contributed by atoms with Crippen molar-refractivity contribution in [3.05, 3.63) is 94.4 Å². The predicted molar refractivity (Wildman–Crippen MR) is 125 cm³/mol. The molecule has 0 atom stereocenters. The SMILES string of the molecule is Cc1ccc(C(=O)Nc2ccc(CC(=N)N)c(C)c2)cc1C#Cc1cnc2cccnn12. The molecular formula is C25H22N6O. The molecule has 0 fully saturated rings. The Balaban J connectivity index is 1.56. The van der Waals surface area contributed by atoms with E-state index >= 15 is 0 Å². The van der Waals surface area contributed by atoms with Crippen molar-refractivity contribution in [2.75, 3.05) is 5.32 Å². The number of aryl methyl sites for hydroxylation is 2. The number of anilines is 1. The molecular weight excluding hydrogens is 400 g/mol. The minimum absolute atomic E-state index is 0.109. The van der Waals surface area contributed by atoms with Crippen molar-refractivity contribution in [3.8, 4) is 11.8 Å². The Kier molecular flexibility index (Phi) is 5.69. The standard InChI is InChI=1S/C25H22N6O/c1-16-5-6-20(25(32)30-21-9-7-19(14-23(26)27)17(2)12-21)13-18(16)8-10-22-15-28-24-4-3-11-29-31(22)24/h3-7,9,11-13,15H,14H2,1-2H3,(H3,26,27)(H,30,32). The molecule has 2 heterocycles. The Morgan fingerprint density at radius 2 is 1.97 bits per heavy atom. The van der Waals surface area contributed by atoms with E-state index < -0.39 is 0 Å². The molecule has 0 bridgehead atoms. The number of amidine groups is 1. The van der Waals surface area contributed by atoms with Gasteiger partial charge in [-0.05, 0) is 72.9 Å². The fraction of sp³-hybridized carbons (Fsp3) is 0.120. The second-order valence-electron chi connectivity index (χ2n) is 7.51. The van der Waals surface area contributed by atoms with Crippen molar-refractivity contribution in [2.24, 2.45) is 5.73 Å². The summed E-state index contributed by atoms with van der Waals surface area (Å²) in [5.74, 6) is 6.13. The van der Waals surface area contributed by atoms with Crippen LogP contribution in [0.3, 0.4) is 0 Å². The van der Waals surface area contributed by atoms with Gasteiger partial charge < -0.3 is 11.1 Å². The zero-order chi connectivity index (χ0) is 22.7. The van der Waals surface area contributed by atoms with E-state index in [0.717, 1.165) is 27.9 Å². The lowest BCUT2D eigenvalue weighted by molar-refractivity contribution is 0.102. The molecule has 0 aliphatic rings. The Morgan fingerprint density at radius 3 is 2.75 bits per heavy atom. The number of carbonyl (C=O) groups excluding carboxylic acids is 1. The maximum atomic E-state index is 12.8. The molecule has 4 aromatic rings. The highest BCUT2D eigenvalue weighted by Crippen LogP contribution is 2.18. The van der Waals surface area contributed by atoms with E-state index in [1.54, 1.807) is 29.0 Å². The van der Waals surface area contributed by atoms with Crippen molar-refractivity contribution < 1.29 is 4.79 Å². The first-order chi connectivity index (χ1) is 15.4. The van der Waals surface area contributed by atoms with Gasteiger partial charge in [-0.3, -0.25) is 10.2 Å². The van der Waals surface area contributed by atoms with E-state index in [9.17, 15) is 4.79 Å². The zero-order valence-electron chi connectivity index (χ0n) is 17.8. The number of rotatable bonds is 4. The summed E-state index contributed by atoms with van der Waals surface area (Å²) in [5.41, 5.74) is 11.8. The fourth-order valence-corrected chi connectivity index (χ4v) is 3.32. The topological polar surface area (TPSA) is 109 Å². The first kappa shape index (κ1) is 20.8. The van der Waals surface area contributed by atoms with E-state index in [4.69, 9.17) is 11.1 Å². The summed E-state index contributed by atoms with van der Waals surface area (Å²) in [6.45, 7) is 3.89. The first-order valence-electron chi connectivity index (χ1n) is 10.1. The highest BCUT2D eigenvalue weighted by molar-refractivity contribution is 6.04. The molecule has 4 rings (SSSR count). The fourth-order valence-electron chi connectivity index (χ4n) is 3.32. The summed E-state index contributed by atoms with van der Waals surface area (Å²) in [7, 11) is 0. The Morgan fingerprint density at radius 1 is 1.12 bits per heavy atom. The molecule has 0 spiro atoms. The number of amides is 1. The molecule has 4 N–H and O–H groups in total. The average molecular weight is 422 g/mol. The summed E-state index contributed by atoms with van der Waals surface area (Å²) in [4.78, 5) is 17.1. The Hall–Kier alpha value is -4.44. The quantitative estimate of drug-likeness (QED) is 0.266. The van der Waals surface area contributed by atoms with Crippen molar-refractivity contribution in [3.63, 3.8) is 0 Å². The molecule has 0 unspecified atom stereocenters. The zero-order valence-corrected chi connectivity index (χ0v) is 17.8. The number of aromatic nitrogens is 3. The minimum atomic E-state index is -0.219. The van der Waals surface area contributed by atoms with Crippen LogP contribution in [0.4, 0.5) is 5.69 Å². The lowest BCUT2D eigenvalue weighted by Gasteiger charge is -2.10. The van der Waals surface area contributed by atoms with Crippen molar-refractivity contribution in [2.45, 2.75) is 20.3 Å². The minimum Gasteiger partial charge on any atom is -0.387 e. The molecule has 2 aromatic heterocycles. The Labute approximate surface area is 185 Å². The molecule has 0 radical (unpaired) electrons. The van der Waals surface area contributed by atoms with Crippen LogP contribution in [0.15, 0.2) is 60.9 Å². The van der Waals surface area contributed by atoms with Gasteiger partial charge in [-0.25, -0.2) is 9.50 Å². The van der Waals surface area contributed by atoms with E-state index in [2.05, 4.69) is 27.2 Å². The monoisotopic (exact) mass is 422 g/mol. The van der Waals surface area contributed by atoms with Crippen LogP contribution in [-0.4, -0.2) is 26.3 Å². The number of benzene rings is 2. The number of nitrogens with zero attached hydrogens (tertiary/aromatic N) is 3. The molecule has 0 saturated heterocycles. The maximum Gasteiger partial charge on any atom is 0.255 e. The largest absolute Gasteiger partial charge is 0.387 e. The van der Waals surface area contributed by atoms with E-state index in [0.29, 0.717) is 23.4 Å². The van der Waals surface area contributed by atoms with Gasteiger partial charge in [-0.15, -0.1) is 0 Å². The third kappa shape index (κ3) is 4.50. The molecule has 32 heavy (non-hydrogen) atoms. The summed E-state index contributed by atoms with van der Waals surface area (Å²) in [6, 6.07) is 14.7. The highest BCUT2D eigenvalue weighted by atomic mass is 16.1. The van der Waals surface area contributed by atoms with Gasteiger partial charge in [0.2, 0.25) is 0 Å². The smallest absolute Gasteiger partial charge is 0.255 e. The van der Waals surface area contributed by atoms with Crippen LogP contribution >= 0.6 is 0 Å². The molecule has 1 amide bonds. The van der Waals surface area contributed by atoms with Crippen LogP contribution < -0.4 is 11.1 Å². The lowest BCUT2D eigenvalue weighted by atomic mass is 10.0. The number of nitrogens with one attached hydrogen (secondary N) is 2. The summed E-state index contributed by atoms with van der Waals surface area (Å²) in [6.07, 6.45) is 3.76.